The molecule has 4 rings (SSSR count). The van der Waals surface area contributed by atoms with Crippen LogP contribution in [0.4, 0.5) is 0 Å². The van der Waals surface area contributed by atoms with Gasteiger partial charge in [0.15, 0.2) is 0 Å². The summed E-state index contributed by atoms with van der Waals surface area (Å²) in [6.07, 6.45) is 4.41. The summed E-state index contributed by atoms with van der Waals surface area (Å²) in [6, 6.07) is 13.4. The molecular weight excluding hydrogens is 340 g/mol. The zero-order valence-corrected chi connectivity index (χ0v) is 15.7. The summed E-state index contributed by atoms with van der Waals surface area (Å²) in [7, 11) is 0. The van der Waals surface area contributed by atoms with Gasteiger partial charge in [0, 0.05) is 25.2 Å². The number of fused-ring (bicyclic) bond motifs is 1. The van der Waals surface area contributed by atoms with E-state index in [0.29, 0.717) is 37.1 Å². The standard InChI is InChI=1S/C22H26N2O3/c1-2-27-20-18(11-7-13-23-20)21(25)24-14-16-8-6-12-22(26,19(16)15-24)17-9-4-3-5-10-17/h3-5,7,9-11,13,16,19,26H,2,6,8,12,14-15H2,1H3/t16-,19+,22+/m0/s1. The largest absolute Gasteiger partial charge is 0.477 e. The Balaban J connectivity index is 1.59. The first-order chi connectivity index (χ1) is 13.1. The summed E-state index contributed by atoms with van der Waals surface area (Å²) in [5, 5.41) is 11.5. The van der Waals surface area contributed by atoms with Crippen LogP contribution in [0.15, 0.2) is 48.7 Å². The van der Waals surface area contributed by atoms with Crippen LogP contribution in [0.2, 0.25) is 0 Å². The number of carbonyl (C=O) groups is 1. The molecule has 5 nitrogen and oxygen atoms in total. The number of nitrogens with zero attached hydrogens (tertiary/aromatic N) is 2. The van der Waals surface area contributed by atoms with Crippen LogP contribution in [0.3, 0.4) is 0 Å². The van der Waals surface area contributed by atoms with Gasteiger partial charge >= 0.3 is 0 Å². The van der Waals surface area contributed by atoms with Crippen molar-refractivity contribution in [2.75, 3.05) is 19.7 Å². The second kappa shape index (κ2) is 7.31. The first-order valence-corrected chi connectivity index (χ1v) is 9.78. The number of hydrogen-bond acceptors (Lipinski definition) is 4. The summed E-state index contributed by atoms with van der Waals surface area (Å²) >= 11 is 0. The quantitative estimate of drug-likeness (QED) is 0.902. The maximum Gasteiger partial charge on any atom is 0.259 e. The molecule has 0 radical (unpaired) electrons. The van der Waals surface area contributed by atoms with Crippen molar-refractivity contribution >= 4 is 5.91 Å². The molecule has 1 N–H and O–H groups in total. The fraction of sp³-hybridized carbons (Fsp3) is 0.455. The molecular formula is C22H26N2O3. The Kier molecular flexibility index (Phi) is 4.87. The normalized spacial score (nSPS) is 27.3. The lowest BCUT2D eigenvalue weighted by atomic mass is 9.67. The molecule has 2 aliphatic rings. The van der Waals surface area contributed by atoms with Gasteiger partial charge in [-0.25, -0.2) is 4.98 Å². The molecule has 1 saturated heterocycles. The number of likely N-dealkylation sites (tertiary alicyclic amines) is 1. The Morgan fingerprint density at radius 2 is 2.07 bits per heavy atom. The van der Waals surface area contributed by atoms with Crippen LogP contribution >= 0.6 is 0 Å². The summed E-state index contributed by atoms with van der Waals surface area (Å²) in [6.45, 7) is 3.60. The molecule has 1 aliphatic carbocycles. The van der Waals surface area contributed by atoms with Gasteiger partial charge in [-0.2, -0.15) is 0 Å². The average Bonchev–Trinajstić information content (AvgIpc) is 3.15. The van der Waals surface area contributed by atoms with Gasteiger partial charge in [-0.15, -0.1) is 0 Å². The molecule has 1 aromatic carbocycles. The van der Waals surface area contributed by atoms with E-state index in [0.717, 1.165) is 24.8 Å². The zero-order valence-electron chi connectivity index (χ0n) is 15.7. The Hall–Kier alpha value is -2.40. The number of aliphatic hydroxyl groups is 1. The van der Waals surface area contributed by atoms with E-state index in [1.54, 1.807) is 18.3 Å². The van der Waals surface area contributed by atoms with Crippen molar-refractivity contribution in [3.8, 4) is 5.88 Å². The van der Waals surface area contributed by atoms with Gasteiger partial charge in [-0.05, 0) is 49.8 Å². The average molecular weight is 366 g/mol. The third-order valence-corrected chi connectivity index (χ3v) is 6.03. The van der Waals surface area contributed by atoms with Gasteiger partial charge in [-0.1, -0.05) is 30.3 Å². The SMILES string of the molecule is CCOc1ncccc1C(=O)N1C[C@@H]2CCC[C@@](O)(c3ccccc3)[C@@H]2C1. The van der Waals surface area contributed by atoms with Crippen LogP contribution in [-0.2, 0) is 5.60 Å². The molecule has 1 aromatic heterocycles. The van der Waals surface area contributed by atoms with Gasteiger partial charge in [0.2, 0.25) is 5.88 Å². The highest BCUT2D eigenvalue weighted by atomic mass is 16.5. The second-order valence-corrected chi connectivity index (χ2v) is 7.55. The fourth-order valence-electron chi connectivity index (χ4n) is 4.75. The van der Waals surface area contributed by atoms with Crippen molar-refractivity contribution < 1.29 is 14.6 Å². The van der Waals surface area contributed by atoms with E-state index in [1.165, 1.54) is 0 Å². The van der Waals surface area contributed by atoms with Crippen molar-refractivity contribution in [3.63, 3.8) is 0 Å². The predicted molar refractivity (Wildman–Crippen MR) is 102 cm³/mol. The number of hydrogen-bond donors (Lipinski definition) is 1. The third kappa shape index (κ3) is 3.21. The van der Waals surface area contributed by atoms with Gasteiger partial charge < -0.3 is 14.7 Å². The van der Waals surface area contributed by atoms with E-state index < -0.39 is 5.60 Å². The number of benzene rings is 1. The van der Waals surface area contributed by atoms with E-state index in [9.17, 15) is 9.90 Å². The lowest BCUT2D eigenvalue weighted by Gasteiger charge is -2.41. The number of amides is 1. The van der Waals surface area contributed by atoms with Crippen molar-refractivity contribution in [3.05, 3.63) is 59.8 Å². The van der Waals surface area contributed by atoms with Crippen molar-refractivity contribution in [1.82, 2.24) is 9.88 Å². The molecule has 27 heavy (non-hydrogen) atoms. The smallest absolute Gasteiger partial charge is 0.259 e. The van der Waals surface area contributed by atoms with E-state index in [4.69, 9.17) is 4.74 Å². The topological polar surface area (TPSA) is 62.7 Å². The van der Waals surface area contributed by atoms with E-state index in [-0.39, 0.29) is 11.8 Å². The summed E-state index contributed by atoms with van der Waals surface area (Å²) < 4.78 is 5.54. The maximum atomic E-state index is 13.2. The number of ether oxygens (including phenoxy) is 1. The van der Waals surface area contributed by atoms with Crippen LogP contribution in [0.5, 0.6) is 5.88 Å². The first kappa shape index (κ1) is 18.0. The van der Waals surface area contributed by atoms with Crippen molar-refractivity contribution in [1.29, 1.82) is 0 Å². The molecule has 0 bridgehead atoms. The van der Waals surface area contributed by atoms with Crippen LogP contribution in [0, 0.1) is 11.8 Å². The Bertz CT molecular complexity index is 810. The molecule has 2 fully saturated rings. The Morgan fingerprint density at radius 3 is 2.85 bits per heavy atom. The maximum absolute atomic E-state index is 13.2. The molecule has 1 aliphatic heterocycles. The molecule has 5 heteroatoms. The van der Waals surface area contributed by atoms with E-state index in [2.05, 4.69) is 4.98 Å². The molecule has 3 atom stereocenters. The van der Waals surface area contributed by atoms with E-state index in [1.807, 2.05) is 42.2 Å². The van der Waals surface area contributed by atoms with Crippen LogP contribution < -0.4 is 4.74 Å². The monoisotopic (exact) mass is 366 g/mol. The molecule has 2 aromatic rings. The van der Waals surface area contributed by atoms with Crippen molar-refractivity contribution in [2.24, 2.45) is 11.8 Å². The summed E-state index contributed by atoms with van der Waals surface area (Å²) in [5.74, 6) is 0.708. The first-order valence-electron chi connectivity index (χ1n) is 9.78. The lowest BCUT2D eigenvalue weighted by Crippen LogP contribution is -2.42. The fourth-order valence-corrected chi connectivity index (χ4v) is 4.75. The van der Waals surface area contributed by atoms with Crippen LogP contribution in [0.1, 0.15) is 42.1 Å². The highest BCUT2D eigenvalue weighted by Gasteiger charge is 2.50. The molecule has 2 heterocycles. The minimum atomic E-state index is -0.864. The number of aromatic nitrogens is 1. The third-order valence-electron chi connectivity index (χ3n) is 6.03. The molecule has 1 amide bonds. The predicted octanol–water partition coefficient (Wildman–Crippen LogP) is 3.24. The van der Waals surface area contributed by atoms with Crippen LogP contribution in [-0.4, -0.2) is 40.6 Å². The van der Waals surface area contributed by atoms with Gasteiger partial charge in [0.25, 0.3) is 5.91 Å². The summed E-state index contributed by atoms with van der Waals surface area (Å²) in [5.41, 5.74) is 0.600. The van der Waals surface area contributed by atoms with Crippen molar-refractivity contribution in [2.45, 2.75) is 31.8 Å². The minimum Gasteiger partial charge on any atom is -0.477 e. The minimum absolute atomic E-state index is 0.0589. The molecule has 0 spiro atoms. The second-order valence-electron chi connectivity index (χ2n) is 7.55. The number of rotatable bonds is 4. The Labute approximate surface area is 160 Å². The van der Waals surface area contributed by atoms with Gasteiger partial charge in [0.1, 0.15) is 5.56 Å². The zero-order chi connectivity index (χ0) is 18.9. The highest BCUT2D eigenvalue weighted by molar-refractivity contribution is 5.96. The lowest BCUT2D eigenvalue weighted by molar-refractivity contribution is -0.0644. The summed E-state index contributed by atoms with van der Waals surface area (Å²) in [4.78, 5) is 19.2. The number of carbonyl (C=O) groups excluding carboxylic acids is 1. The van der Waals surface area contributed by atoms with Gasteiger partial charge in [0.05, 0.1) is 12.2 Å². The molecule has 0 unspecified atom stereocenters. The Morgan fingerprint density at radius 1 is 1.26 bits per heavy atom. The molecule has 142 valence electrons. The van der Waals surface area contributed by atoms with E-state index >= 15 is 0 Å². The van der Waals surface area contributed by atoms with Gasteiger partial charge in [-0.3, -0.25) is 4.79 Å². The molecule has 1 saturated carbocycles. The number of pyridine rings is 1. The highest BCUT2D eigenvalue weighted by Crippen LogP contribution is 2.48. The van der Waals surface area contributed by atoms with Crippen LogP contribution in [0.25, 0.3) is 0 Å².